The Bertz CT molecular complexity index is 847. The molecule has 0 saturated heterocycles. The molecule has 1 N–H and O–H groups in total. The SMILES string of the molecule is CC(C)(C)c1ccccc1NC(=O)c1cn(-c2ccccc2)nn1. The third-order valence-electron chi connectivity index (χ3n) is 3.73. The first-order valence-corrected chi connectivity index (χ1v) is 7.84. The number of carbonyl (C=O) groups excluding carboxylic acids is 1. The predicted octanol–water partition coefficient (Wildman–Crippen LogP) is 3.82. The fraction of sp³-hybridized carbons (Fsp3) is 0.211. The Hall–Kier alpha value is -2.95. The smallest absolute Gasteiger partial charge is 0.277 e. The molecule has 0 spiro atoms. The van der Waals surface area contributed by atoms with E-state index in [1.165, 1.54) is 0 Å². The molecule has 1 heterocycles. The molecule has 122 valence electrons. The molecular weight excluding hydrogens is 300 g/mol. The van der Waals surface area contributed by atoms with E-state index in [-0.39, 0.29) is 17.0 Å². The van der Waals surface area contributed by atoms with Gasteiger partial charge in [-0.3, -0.25) is 4.79 Å². The standard InChI is InChI=1S/C19H20N4O/c1-19(2,3)15-11-7-8-12-16(15)20-18(24)17-13-23(22-21-17)14-9-5-4-6-10-14/h4-13H,1-3H3,(H,20,24). The average molecular weight is 320 g/mol. The van der Waals surface area contributed by atoms with E-state index >= 15 is 0 Å². The highest BCUT2D eigenvalue weighted by molar-refractivity contribution is 6.03. The summed E-state index contributed by atoms with van der Waals surface area (Å²) in [7, 11) is 0. The van der Waals surface area contributed by atoms with Crippen LogP contribution in [0.4, 0.5) is 5.69 Å². The highest BCUT2D eigenvalue weighted by Gasteiger charge is 2.20. The van der Waals surface area contributed by atoms with E-state index in [1.807, 2.05) is 54.6 Å². The van der Waals surface area contributed by atoms with Gasteiger partial charge in [0.15, 0.2) is 5.69 Å². The summed E-state index contributed by atoms with van der Waals surface area (Å²) in [5.74, 6) is -0.270. The Labute approximate surface area is 141 Å². The third kappa shape index (κ3) is 3.35. The zero-order valence-corrected chi connectivity index (χ0v) is 14.0. The van der Waals surface area contributed by atoms with Gasteiger partial charge in [0.25, 0.3) is 5.91 Å². The number of nitrogens with one attached hydrogen (secondary N) is 1. The van der Waals surface area contributed by atoms with Crippen LogP contribution in [0.5, 0.6) is 0 Å². The second kappa shape index (κ2) is 6.28. The van der Waals surface area contributed by atoms with Gasteiger partial charge in [0.1, 0.15) is 0 Å². The molecule has 0 aliphatic rings. The topological polar surface area (TPSA) is 59.8 Å². The van der Waals surface area contributed by atoms with Crippen molar-refractivity contribution in [3.05, 3.63) is 72.1 Å². The van der Waals surface area contributed by atoms with Crippen molar-refractivity contribution in [2.75, 3.05) is 5.32 Å². The lowest BCUT2D eigenvalue weighted by atomic mass is 9.86. The Morgan fingerprint density at radius 3 is 2.38 bits per heavy atom. The molecule has 0 bridgehead atoms. The second-order valence-corrected chi connectivity index (χ2v) is 6.63. The predicted molar refractivity (Wildman–Crippen MR) is 94.5 cm³/mol. The number of nitrogens with zero attached hydrogens (tertiary/aromatic N) is 3. The van der Waals surface area contributed by atoms with Crippen molar-refractivity contribution in [1.82, 2.24) is 15.0 Å². The summed E-state index contributed by atoms with van der Waals surface area (Å²) in [6.45, 7) is 6.34. The summed E-state index contributed by atoms with van der Waals surface area (Å²) in [5.41, 5.74) is 2.95. The number of hydrogen-bond acceptors (Lipinski definition) is 3. The Morgan fingerprint density at radius 2 is 1.67 bits per heavy atom. The fourth-order valence-electron chi connectivity index (χ4n) is 2.51. The minimum Gasteiger partial charge on any atom is -0.320 e. The summed E-state index contributed by atoms with van der Waals surface area (Å²) < 4.78 is 1.59. The second-order valence-electron chi connectivity index (χ2n) is 6.63. The molecule has 0 atom stereocenters. The minimum absolute atomic E-state index is 0.0640. The molecule has 0 saturated carbocycles. The van der Waals surface area contributed by atoms with Crippen LogP contribution in [0.25, 0.3) is 5.69 Å². The van der Waals surface area contributed by atoms with Gasteiger partial charge in [0, 0.05) is 5.69 Å². The number of anilines is 1. The maximum atomic E-state index is 12.5. The van der Waals surface area contributed by atoms with Gasteiger partial charge in [-0.2, -0.15) is 0 Å². The van der Waals surface area contributed by atoms with Crippen LogP contribution in [0.2, 0.25) is 0 Å². The number of amides is 1. The molecule has 0 radical (unpaired) electrons. The van der Waals surface area contributed by atoms with Crippen LogP contribution in [-0.2, 0) is 5.41 Å². The van der Waals surface area contributed by atoms with Gasteiger partial charge in [-0.05, 0) is 29.2 Å². The van der Waals surface area contributed by atoms with Crippen LogP contribution in [-0.4, -0.2) is 20.9 Å². The van der Waals surface area contributed by atoms with Crippen LogP contribution >= 0.6 is 0 Å². The molecule has 0 aliphatic carbocycles. The maximum Gasteiger partial charge on any atom is 0.277 e. The Morgan fingerprint density at radius 1 is 1.00 bits per heavy atom. The molecule has 2 aromatic carbocycles. The number of benzene rings is 2. The van der Waals surface area contributed by atoms with Crippen molar-refractivity contribution < 1.29 is 4.79 Å². The monoisotopic (exact) mass is 320 g/mol. The molecule has 1 aromatic heterocycles. The van der Waals surface area contributed by atoms with Gasteiger partial charge in [0.2, 0.25) is 0 Å². The van der Waals surface area contributed by atoms with Gasteiger partial charge >= 0.3 is 0 Å². The lowest BCUT2D eigenvalue weighted by Crippen LogP contribution is -2.19. The van der Waals surface area contributed by atoms with E-state index < -0.39 is 0 Å². The summed E-state index contributed by atoms with van der Waals surface area (Å²) >= 11 is 0. The fourth-order valence-corrected chi connectivity index (χ4v) is 2.51. The van der Waals surface area contributed by atoms with Gasteiger partial charge < -0.3 is 5.32 Å². The van der Waals surface area contributed by atoms with Gasteiger partial charge in [0.05, 0.1) is 11.9 Å². The number of carbonyl (C=O) groups is 1. The van der Waals surface area contributed by atoms with Gasteiger partial charge in [-0.25, -0.2) is 4.68 Å². The van der Waals surface area contributed by atoms with Crippen LogP contribution in [0, 0.1) is 0 Å². The summed E-state index contributed by atoms with van der Waals surface area (Å²) in [6, 6.07) is 17.4. The first-order valence-electron chi connectivity index (χ1n) is 7.84. The lowest BCUT2D eigenvalue weighted by Gasteiger charge is -2.22. The van der Waals surface area contributed by atoms with Crippen LogP contribution in [0.1, 0.15) is 36.8 Å². The third-order valence-corrected chi connectivity index (χ3v) is 3.73. The van der Waals surface area contributed by atoms with Crippen LogP contribution in [0.15, 0.2) is 60.8 Å². The van der Waals surface area contributed by atoms with Crippen LogP contribution in [0.3, 0.4) is 0 Å². The van der Waals surface area contributed by atoms with Crippen molar-refractivity contribution in [2.45, 2.75) is 26.2 Å². The van der Waals surface area contributed by atoms with Crippen molar-refractivity contribution in [3.8, 4) is 5.69 Å². The molecule has 0 aliphatic heterocycles. The first-order chi connectivity index (χ1) is 11.4. The number of rotatable bonds is 3. The van der Waals surface area contributed by atoms with E-state index in [1.54, 1.807) is 10.9 Å². The summed E-state index contributed by atoms with van der Waals surface area (Å²) in [6.07, 6.45) is 1.63. The molecular formula is C19H20N4O. The first kappa shape index (κ1) is 15.9. The minimum atomic E-state index is -0.270. The van der Waals surface area contributed by atoms with E-state index in [0.29, 0.717) is 0 Å². The molecule has 0 fully saturated rings. The molecule has 1 amide bonds. The number of hydrogen-bond donors (Lipinski definition) is 1. The number of para-hydroxylation sites is 2. The maximum absolute atomic E-state index is 12.5. The molecule has 0 unspecified atom stereocenters. The molecule has 3 rings (SSSR count). The largest absolute Gasteiger partial charge is 0.320 e. The molecule has 5 heteroatoms. The molecule has 5 nitrogen and oxygen atoms in total. The number of aromatic nitrogens is 3. The van der Waals surface area contributed by atoms with Crippen LogP contribution < -0.4 is 5.32 Å². The average Bonchev–Trinajstić information content (AvgIpc) is 3.05. The normalized spacial score (nSPS) is 11.3. The van der Waals surface area contributed by atoms with E-state index in [2.05, 4.69) is 36.4 Å². The zero-order chi connectivity index (χ0) is 17.2. The van der Waals surface area contributed by atoms with Crippen molar-refractivity contribution in [3.63, 3.8) is 0 Å². The van der Waals surface area contributed by atoms with Gasteiger partial charge in [-0.15, -0.1) is 5.10 Å². The zero-order valence-electron chi connectivity index (χ0n) is 14.0. The highest BCUT2D eigenvalue weighted by atomic mass is 16.2. The Balaban J connectivity index is 1.83. The van der Waals surface area contributed by atoms with E-state index in [0.717, 1.165) is 16.9 Å². The van der Waals surface area contributed by atoms with E-state index in [9.17, 15) is 4.79 Å². The summed E-state index contributed by atoms with van der Waals surface area (Å²) in [4.78, 5) is 12.5. The molecule has 24 heavy (non-hydrogen) atoms. The van der Waals surface area contributed by atoms with Crippen molar-refractivity contribution in [2.24, 2.45) is 0 Å². The molecule has 3 aromatic rings. The van der Waals surface area contributed by atoms with E-state index in [4.69, 9.17) is 0 Å². The highest BCUT2D eigenvalue weighted by Crippen LogP contribution is 2.29. The van der Waals surface area contributed by atoms with Gasteiger partial charge in [-0.1, -0.05) is 62.4 Å². The lowest BCUT2D eigenvalue weighted by molar-refractivity contribution is 0.102. The summed E-state index contributed by atoms with van der Waals surface area (Å²) in [5, 5.41) is 11.0. The van der Waals surface area contributed by atoms with Crippen molar-refractivity contribution in [1.29, 1.82) is 0 Å². The Kier molecular flexibility index (Phi) is 4.16. The van der Waals surface area contributed by atoms with Crippen molar-refractivity contribution >= 4 is 11.6 Å². The quantitative estimate of drug-likeness (QED) is 0.798.